The van der Waals surface area contributed by atoms with Crippen LogP contribution >= 0.6 is 0 Å². The Bertz CT molecular complexity index is 500. The van der Waals surface area contributed by atoms with Crippen molar-refractivity contribution in [2.24, 2.45) is 10.9 Å². The average molecular weight is 277 g/mol. The maximum Gasteiger partial charge on any atom is 0.189 e. The molecule has 0 amide bonds. The predicted molar refractivity (Wildman–Crippen MR) is 78.7 cm³/mol. The summed E-state index contributed by atoms with van der Waals surface area (Å²) < 4.78 is 0. The van der Waals surface area contributed by atoms with Gasteiger partial charge in [-0.25, -0.2) is 0 Å². The van der Waals surface area contributed by atoms with Crippen molar-refractivity contribution in [1.29, 1.82) is 0 Å². The quantitative estimate of drug-likeness (QED) is 0.368. The Balaban J connectivity index is 2.15. The van der Waals surface area contributed by atoms with Gasteiger partial charge in [-0.3, -0.25) is 14.8 Å². The number of oxime groups is 1. The van der Waals surface area contributed by atoms with Gasteiger partial charge in [0.25, 0.3) is 0 Å². The Morgan fingerprint density at radius 3 is 2.90 bits per heavy atom. The van der Waals surface area contributed by atoms with E-state index in [2.05, 4.69) is 40.8 Å². The number of hydrogen-bond acceptors (Lipinski definition) is 5. The molecule has 1 aromatic rings. The van der Waals surface area contributed by atoms with E-state index in [-0.39, 0.29) is 11.4 Å². The van der Waals surface area contributed by atoms with E-state index in [9.17, 15) is 0 Å². The van der Waals surface area contributed by atoms with Gasteiger partial charge in [0.05, 0.1) is 0 Å². The van der Waals surface area contributed by atoms with E-state index in [4.69, 9.17) is 10.9 Å². The summed E-state index contributed by atoms with van der Waals surface area (Å²) in [7, 11) is 2.16. The molecule has 1 aliphatic rings. The van der Waals surface area contributed by atoms with Crippen LogP contribution in [-0.2, 0) is 6.54 Å². The second-order valence-electron chi connectivity index (χ2n) is 5.94. The molecular weight excluding hydrogens is 254 g/mol. The fourth-order valence-electron chi connectivity index (χ4n) is 2.56. The van der Waals surface area contributed by atoms with Crippen molar-refractivity contribution in [3.8, 4) is 0 Å². The van der Waals surface area contributed by atoms with Crippen LogP contribution in [0, 0.1) is 0 Å². The molecule has 0 unspecified atom stereocenters. The Morgan fingerprint density at radius 2 is 2.25 bits per heavy atom. The first-order valence-electron chi connectivity index (χ1n) is 6.79. The SMILES string of the molecule is CN1CCN(Cc2cccnc2C(N)=NO)CC1(C)C. The lowest BCUT2D eigenvalue weighted by atomic mass is 9.99. The number of amidine groups is 1. The van der Waals surface area contributed by atoms with Crippen LogP contribution < -0.4 is 5.73 Å². The van der Waals surface area contributed by atoms with Crippen molar-refractivity contribution >= 4 is 5.84 Å². The van der Waals surface area contributed by atoms with E-state index < -0.39 is 0 Å². The summed E-state index contributed by atoms with van der Waals surface area (Å²) in [6.07, 6.45) is 1.66. The molecule has 3 N–H and O–H groups in total. The van der Waals surface area contributed by atoms with Crippen LogP contribution in [0.3, 0.4) is 0 Å². The number of likely N-dealkylation sites (N-methyl/N-ethyl adjacent to an activating group) is 1. The molecule has 1 saturated heterocycles. The molecule has 0 aliphatic carbocycles. The van der Waals surface area contributed by atoms with Crippen LogP contribution in [0.2, 0.25) is 0 Å². The number of rotatable bonds is 3. The second-order valence-corrected chi connectivity index (χ2v) is 5.94. The highest BCUT2D eigenvalue weighted by Gasteiger charge is 2.31. The Hall–Kier alpha value is -1.66. The first-order chi connectivity index (χ1) is 9.44. The lowest BCUT2D eigenvalue weighted by molar-refractivity contribution is 0.0359. The van der Waals surface area contributed by atoms with Crippen molar-refractivity contribution in [2.75, 3.05) is 26.7 Å². The van der Waals surface area contributed by atoms with Gasteiger partial charge in [0.15, 0.2) is 5.84 Å². The van der Waals surface area contributed by atoms with Crippen LogP contribution in [0.4, 0.5) is 0 Å². The number of pyridine rings is 1. The van der Waals surface area contributed by atoms with Gasteiger partial charge in [-0.1, -0.05) is 11.2 Å². The van der Waals surface area contributed by atoms with Crippen molar-refractivity contribution in [1.82, 2.24) is 14.8 Å². The minimum Gasteiger partial charge on any atom is -0.409 e. The maximum atomic E-state index is 8.84. The van der Waals surface area contributed by atoms with Crippen LogP contribution in [0.25, 0.3) is 0 Å². The van der Waals surface area contributed by atoms with Crippen molar-refractivity contribution in [3.05, 3.63) is 29.6 Å². The standard InChI is InChI=1S/C14H23N5O/c1-14(2)10-19(8-7-18(14)3)9-11-5-4-6-16-12(11)13(15)17-20/h4-6,20H,7-10H2,1-3H3,(H2,15,17). The third-order valence-electron chi connectivity index (χ3n) is 4.03. The largest absolute Gasteiger partial charge is 0.409 e. The molecule has 2 heterocycles. The summed E-state index contributed by atoms with van der Waals surface area (Å²) in [5.74, 6) is 0.0639. The molecule has 6 heteroatoms. The number of piperazine rings is 1. The Kier molecular flexibility index (Phi) is 4.25. The van der Waals surface area contributed by atoms with Gasteiger partial charge >= 0.3 is 0 Å². The van der Waals surface area contributed by atoms with Gasteiger partial charge in [0.1, 0.15) is 5.69 Å². The monoisotopic (exact) mass is 277 g/mol. The second kappa shape index (κ2) is 5.76. The third-order valence-corrected chi connectivity index (χ3v) is 4.03. The fourth-order valence-corrected chi connectivity index (χ4v) is 2.56. The van der Waals surface area contributed by atoms with Crippen molar-refractivity contribution < 1.29 is 5.21 Å². The molecule has 110 valence electrons. The topological polar surface area (TPSA) is 78.0 Å². The minimum atomic E-state index is 0.0639. The molecule has 0 saturated carbocycles. The van der Waals surface area contributed by atoms with E-state index >= 15 is 0 Å². The van der Waals surface area contributed by atoms with E-state index in [0.717, 1.165) is 31.7 Å². The molecule has 6 nitrogen and oxygen atoms in total. The van der Waals surface area contributed by atoms with Gasteiger partial charge in [-0.2, -0.15) is 0 Å². The van der Waals surface area contributed by atoms with Crippen LogP contribution in [-0.4, -0.2) is 58.0 Å². The highest BCUT2D eigenvalue weighted by Crippen LogP contribution is 2.21. The van der Waals surface area contributed by atoms with Crippen LogP contribution in [0.1, 0.15) is 25.1 Å². The van der Waals surface area contributed by atoms with Gasteiger partial charge in [0, 0.05) is 37.9 Å². The minimum absolute atomic E-state index is 0.0639. The molecule has 0 radical (unpaired) electrons. The molecule has 20 heavy (non-hydrogen) atoms. The highest BCUT2D eigenvalue weighted by molar-refractivity contribution is 5.96. The molecule has 1 fully saturated rings. The van der Waals surface area contributed by atoms with E-state index in [1.807, 2.05) is 12.1 Å². The van der Waals surface area contributed by atoms with Crippen molar-refractivity contribution in [2.45, 2.75) is 25.9 Å². The zero-order valence-corrected chi connectivity index (χ0v) is 12.4. The van der Waals surface area contributed by atoms with E-state index in [0.29, 0.717) is 5.69 Å². The van der Waals surface area contributed by atoms with Gasteiger partial charge in [-0.15, -0.1) is 0 Å². The number of nitrogens with zero attached hydrogens (tertiary/aromatic N) is 4. The van der Waals surface area contributed by atoms with Crippen molar-refractivity contribution in [3.63, 3.8) is 0 Å². The molecule has 1 aromatic heterocycles. The first-order valence-corrected chi connectivity index (χ1v) is 6.79. The zero-order chi connectivity index (χ0) is 14.8. The Labute approximate surface area is 119 Å². The number of aromatic nitrogens is 1. The smallest absolute Gasteiger partial charge is 0.189 e. The molecule has 0 aromatic carbocycles. The summed E-state index contributed by atoms with van der Waals surface area (Å²) in [6, 6.07) is 3.86. The van der Waals surface area contributed by atoms with Crippen LogP contribution in [0.5, 0.6) is 0 Å². The lowest BCUT2D eigenvalue weighted by Crippen LogP contribution is -2.57. The zero-order valence-electron chi connectivity index (χ0n) is 12.4. The fraction of sp³-hybridized carbons (Fsp3) is 0.571. The summed E-state index contributed by atoms with van der Waals surface area (Å²) in [5, 5.41) is 11.9. The Morgan fingerprint density at radius 1 is 1.50 bits per heavy atom. The molecule has 0 spiro atoms. The molecule has 0 bridgehead atoms. The first kappa shape index (κ1) is 14.7. The predicted octanol–water partition coefficient (Wildman–Crippen LogP) is 0.702. The van der Waals surface area contributed by atoms with Gasteiger partial charge < -0.3 is 10.9 Å². The average Bonchev–Trinajstić information content (AvgIpc) is 2.42. The summed E-state index contributed by atoms with van der Waals surface area (Å²) in [5.41, 5.74) is 7.39. The number of nitrogens with two attached hydrogens (primary N) is 1. The summed E-state index contributed by atoms with van der Waals surface area (Å²) in [4.78, 5) is 8.97. The third kappa shape index (κ3) is 3.08. The van der Waals surface area contributed by atoms with Gasteiger partial charge in [0.2, 0.25) is 0 Å². The van der Waals surface area contributed by atoms with E-state index in [1.54, 1.807) is 6.20 Å². The molecule has 2 rings (SSSR count). The highest BCUT2D eigenvalue weighted by atomic mass is 16.4. The maximum absolute atomic E-state index is 8.84. The van der Waals surface area contributed by atoms with Gasteiger partial charge in [-0.05, 0) is 32.5 Å². The summed E-state index contributed by atoms with van der Waals surface area (Å²) >= 11 is 0. The number of hydrogen-bond donors (Lipinski definition) is 2. The van der Waals surface area contributed by atoms with E-state index in [1.165, 1.54) is 0 Å². The lowest BCUT2D eigenvalue weighted by Gasteiger charge is -2.45. The molecular formula is C14H23N5O. The van der Waals surface area contributed by atoms with Crippen LogP contribution in [0.15, 0.2) is 23.5 Å². The summed E-state index contributed by atoms with van der Waals surface area (Å²) in [6.45, 7) is 8.26. The molecule has 0 atom stereocenters. The molecule has 1 aliphatic heterocycles. The normalized spacial score (nSPS) is 21.1.